The minimum atomic E-state index is -4.68. The van der Waals surface area contributed by atoms with E-state index in [1.165, 1.54) is 7.05 Å². The van der Waals surface area contributed by atoms with Gasteiger partial charge in [-0.3, -0.25) is 4.68 Å². The molecular weight excluding hydrogens is 403 g/mol. The number of halogens is 4. The van der Waals surface area contributed by atoms with E-state index in [0.717, 1.165) is 28.2 Å². The highest BCUT2D eigenvalue weighted by Crippen LogP contribution is 2.36. The Morgan fingerprint density at radius 1 is 1.41 bits per heavy atom. The summed E-state index contributed by atoms with van der Waals surface area (Å²) in [7, 11) is 1.40. The fourth-order valence-electron chi connectivity index (χ4n) is 2.02. The summed E-state index contributed by atoms with van der Waals surface area (Å²) in [4.78, 5) is 16.1. The molecule has 0 aliphatic carbocycles. The number of carbonyl (C=O) groups is 1. The molecule has 0 amide bonds. The molecule has 0 bridgehead atoms. The summed E-state index contributed by atoms with van der Waals surface area (Å²) in [5.41, 5.74) is -0.595. The van der Waals surface area contributed by atoms with Crippen LogP contribution in [0.3, 0.4) is 0 Å². The van der Waals surface area contributed by atoms with Crippen LogP contribution in [0.25, 0.3) is 0 Å². The molecule has 2 rings (SSSR count). The molecule has 1 heterocycles. The van der Waals surface area contributed by atoms with Gasteiger partial charge in [-0.2, -0.15) is 18.3 Å². The van der Waals surface area contributed by atoms with Crippen molar-refractivity contribution in [3.8, 4) is 0 Å². The largest absolute Gasteiger partial charge is 0.435 e. The quantitative estimate of drug-likeness (QED) is 0.289. The maximum absolute atomic E-state index is 13.3. The van der Waals surface area contributed by atoms with Crippen LogP contribution in [-0.4, -0.2) is 22.0 Å². The third-order valence-corrected chi connectivity index (χ3v) is 5.00. The van der Waals surface area contributed by atoms with Crippen molar-refractivity contribution in [2.45, 2.75) is 30.8 Å². The predicted molar refractivity (Wildman–Crippen MR) is 97.7 cm³/mol. The molecule has 146 valence electrons. The third kappa shape index (κ3) is 5.49. The van der Waals surface area contributed by atoms with Gasteiger partial charge in [-0.1, -0.05) is 48.8 Å². The van der Waals surface area contributed by atoms with E-state index in [-0.39, 0.29) is 10.6 Å². The van der Waals surface area contributed by atoms with Crippen molar-refractivity contribution in [1.29, 1.82) is 0 Å². The molecule has 0 fully saturated rings. The molecule has 0 unspecified atom stereocenters. The molecule has 0 radical (unpaired) electrons. The molecule has 27 heavy (non-hydrogen) atoms. The standard InChI is InChI=1S/C17H17ClF3N3O2S/c1-10(2)16(25)26-22-8-12-14(17(19,20)21)23-24(3)15(12)27-9-11-6-4-5-7-13(11)18/h4-8,10H,9H2,1-3H3/b22-8-. The lowest BCUT2D eigenvalue weighted by Crippen LogP contribution is -2.10. The van der Waals surface area contributed by atoms with Crippen molar-refractivity contribution in [1.82, 2.24) is 9.78 Å². The van der Waals surface area contributed by atoms with Gasteiger partial charge in [0.05, 0.1) is 17.7 Å². The first-order valence-electron chi connectivity index (χ1n) is 7.86. The van der Waals surface area contributed by atoms with Gasteiger partial charge in [0.1, 0.15) is 5.03 Å². The van der Waals surface area contributed by atoms with E-state index in [9.17, 15) is 18.0 Å². The van der Waals surface area contributed by atoms with Gasteiger partial charge in [0.2, 0.25) is 0 Å². The number of hydrogen-bond acceptors (Lipinski definition) is 5. The zero-order valence-electron chi connectivity index (χ0n) is 14.7. The number of aryl methyl sites for hydroxylation is 1. The maximum Gasteiger partial charge on any atom is 0.435 e. The van der Waals surface area contributed by atoms with Crippen LogP contribution in [-0.2, 0) is 28.6 Å². The van der Waals surface area contributed by atoms with Crippen LogP contribution in [0.4, 0.5) is 13.2 Å². The van der Waals surface area contributed by atoms with Crippen molar-refractivity contribution < 1.29 is 22.8 Å². The molecule has 0 saturated heterocycles. The molecule has 5 nitrogen and oxygen atoms in total. The van der Waals surface area contributed by atoms with Gasteiger partial charge in [-0.25, -0.2) is 4.79 Å². The Kier molecular flexibility index (Phi) is 6.94. The van der Waals surface area contributed by atoms with E-state index in [1.807, 2.05) is 0 Å². The van der Waals surface area contributed by atoms with Crippen molar-refractivity contribution >= 4 is 35.5 Å². The molecule has 0 aliphatic heterocycles. The zero-order valence-corrected chi connectivity index (χ0v) is 16.3. The lowest BCUT2D eigenvalue weighted by molar-refractivity contribution is -0.147. The fourth-order valence-corrected chi connectivity index (χ4v) is 3.38. The maximum atomic E-state index is 13.3. The van der Waals surface area contributed by atoms with Crippen LogP contribution < -0.4 is 0 Å². The summed E-state index contributed by atoms with van der Waals surface area (Å²) in [6.07, 6.45) is -3.81. The Balaban J connectivity index is 2.32. The smallest absolute Gasteiger partial charge is 0.318 e. The summed E-state index contributed by atoms with van der Waals surface area (Å²) in [6, 6.07) is 7.05. The van der Waals surface area contributed by atoms with Crippen LogP contribution in [0, 0.1) is 5.92 Å². The molecule has 1 aromatic carbocycles. The predicted octanol–water partition coefficient (Wildman–Crippen LogP) is 4.92. The summed E-state index contributed by atoms with van der Waals surface area (Å²) < 4.78 is 41.0. The van der Waals surface area contributed by atoms with E-state index in [4.69, 9.17) is 11.6 Å². The molecule has 10 heteroatoms. The Hall–Kier alpha value is -2.00. The second-order valence-electron chi connectivity index (χ2n) is 5.87. The number of alkyl halides is 3. The number of oxime groups is 1. The Labute approximate surface area is 163 Å². The van der Waals surface area contributed by atoms with Gasteiger partial charge in [0.15, 0.2) is 5.69 Å². The molecule has 1 aromatic heterocycles. The van der Waals surface area contributed by atoms with Gasteiger partial charge >= 0.3 is 12.1 Å². The second kappa shape index (κ2) is 8.79. The van der Waals surface area contributed by atoms with E-state index in [0.29, 0.717) is 10.8 Å². The summed E-state index contributed by atoms with van der Waals surface area (Å²) in [5.74, 6) is -0.760. The molecule has 0 aliphatic rings. The van der Waals surface area contributed by atoms with Gasteiger partial charge in [0, 0.05) is 17.8 Å². The van der Waals surface area contributed by atoms with Crippen LogP contribution in [0.5, 0.6) is 0 Å². The van der Waals surface area contributed by atoms with Crippen LogP contribution in [0.2, 0.25) is 5.02 Å². The minimum absolute atomic E-state index is 0.228. The number of benzene rings is 1. The molecule has 0 saturated carbocycles. The molecule has 0 N–H and O–H groups in total. The van der Waals surface area contributed by atoms with Gasteiger partial charge in [0.25, 0.3) is 0 Å². The monoisotopic (exact) mass is 419 g/mol. The Morgan fingerprint density at radius 3 is 2.67 bits per heavy atom. The number of hydrogen-bond donors (Lipinski definition) is 0. The lowest BCUT2D eigenvalue weighted by atomic mass is 10.2. The van der Waals surface area contributed by atoms with Crippen molar-refractivity contribution in [3.63, 3.8) is 0 Å². The number of rotatable bonds is 6. The van der Waals surface area contributed by atoms with Crippen LogP contribution in [0.15, 0.2) is 34.4 Å². The Bertz CT molecular complexity index is 850. The summed E-state index contributed by atoms with van der Waals surface area (Å²) in [6.45, 7) is 3.18. The zero-order chi connectivity index (χ0) is 20.2. The normalized spacial score (nSPS) is 12.1. The minimum Gasteiger partial charge on any atom is -0.318 e. The first kappa shape index (κ1) is 21.3. The van der Waals surface area contributed by atoms with E-state index >= 15 is 0 Å². The van der Waals surface area contributed by atoms with Crippen LogP contribution >= 0.6 is 23.4 Å². The Morgan fingerprint density at radius 2 is 2.07 bits per heavy atom. The average Bonchev–Trinajstić information content (AvgIpc) is 2.90. The summed E-state index contributed by atoms with van der Waals surface area (Å²) in [5, 5.41) is 7.72. The third-order valence-electron chi connectivity index (χ3n) is 3.42. The van der Waals surface area contributed by atoms with Crippen LogP contribution in [0.1, 0.15) is 30.7 Å². The molecule has 0 atom stereocenters. The highest BCUT2D eigenvalue weighted by atomic mass is 35.5. The SMILES string of the molecule is CC(C)C(=O)O/N=C\c1c(C(F)(F)F)nn(C)c1SCc1ccccc1Cl. The highest BCUT2D eigenvalue weighted by molar-refractivity contribution is 7.98. The lowest BCUT2D eigenvalue weighted by Gasteiger charge is -2.06. The van der Waals surface area contributed by atoms with E-state index < -0.39 is 23.8 Å². The first-order valence-corrected chi connectivity index (χ1v) is 9.22. The van der Waals surface area contributed by atoms with Crippen molar-refractivity contribution in [2.24, 2.45) is 18.1 Å². The van der Waals surface area contributed by atoms with Crippen molar-refractivity contribution in [3.05, 3.63) is 46.1 Å². The molecule has 0 spiro atoms. The number of thioether (sulfide) groups is 1. The second-order valence-corrected chi connectivity index (χ2v) is 7.24. The molecular formula is C17H17ClF3N3O2S. The number of carbonyl (C=O) groups excluding carboxylic acids is 1. The van der Waals surface area contributed by atoms with Gasteiger partial charge < -0.3 is 4.84 Å². The van der Waals surface area contributed by atoms with Crippen molar-refractivity contribution in [2.75, 3.05) is 0 Å². The van der Waals surface area contributed by atoms with Gasteiger partial charge in [-0.15, -0.1) is 11.8 Å². The summed E-state index contributed by atoms with van der Waals surface area (Å²) >= 11 is 7.22. The number of aromatic nitrogens is 2. The average molecular weight is 420 g/mol. The fraction of sp³-hybridized carbons (Fsp3) is 0.353. The first-order chi connectivity index (χ1) is 12.6. The highest BCUT2D eigenvalue weighted by Gasteiger charge is 2.38. The van der Waals surface area contributed by atoms with Gasteiger partial charge in [-0.05, 0) is 11.6 Å². The number of nitrogens with zero attached hydrogens (tertiary/aromatic N) is 3. The molecule has 2 aromatic rings. The van der Waals surface area contributed by atoms with E-state index in [1.54, 1.807) is 38.1 Å². The topological polar surface area (TPSA) is 56.5 Å². The van der Waals surface area contributed by atoms with E-state index in [2.05, 4.69) is 15.1 Å².